The number of rotatable bonds is 10. The Morgan fingerprint density at radius 1 is 1.05 bits per heavy atom. The van der Waals surface area contributed by atoms with E-state index in [9.17, 15) is 0 Å². The Morgan fingerprint density at radius 2 is 1.80 bits per heavy atom. The summed E-state index contributed by atoms with van der Waals surface area (Å²) in [5, 5.41) is 3.68. The summed E-state index contributed by atoms with van der Waals surface area (Å²) in [6.45, 7) is 9.70. The van der Waals surface area contributed by atoms with Gasteiger partial charge in [-0.1, -0.05) is 51.3 Å². The van der Waals surface area contributed by atoms with Crippen LogP contribution in [0.4, 0.5) is 0 Å². The molecular formula is C18H31NO. The lowest BCUT2D eigenvalue weighted by Crippen LogP contribution is -2.23. The maximum atomic E-state index is 5.97. The lowest BCUT2D eigenvalue weighted by molar-refractivity contribution is 0.237. The fourth-order valence-corrected chi connectivity index (χ4v) is 2.41. The summed E-state index contributed by atoms with van der Waals surface area (Å²) in [7, 11) is 0. The molecule has 0 amide bonds. The summed E-state index contributed by atoms with van der Waals surface area (Å²) < 4.78 is 5.97. The molecule has 2 nitrogen and oxygen atoms in total. The second-order valence-corrected chi connectivity index (χ2v) is 5.71. The van der Waals surface area contributed by atoms with E-state index in [4.69, 9.17) is 4.74 Å². The molecule has 0 spiro atoms. The minimum Gasteiger partial charge on any atom is -0.491 e. The molecule has 1 aromatic carbocycles. The van der Waals surface area contributed by atoms with E-state index in [1.165, 1.54) is 31.2 Å². The summed E-state index contributed by atoms with van der Waals surface area (Å²) in [5.74, 6) is 1.03. The Balaban J connectivity index is 2.81. The van der Waals surface area contributed by atoms with Gasteiger partial charge in [-0.2, -0.15) is 0 Å². The van der Waals surface area contributed by atoms with Gasteiger partial charge in [0, 0.05) is 11.6 Å². The van der Waals surface area contributed by atoms with E-state index in [0.29, 0.717) is 6.04 Å². The third-order valence-electron chi connectivity index (χ3n) is 3.39. The zero-order valence-electron chi connectivity index (χ0n) is 13.6. The van der Waals surface area contributed by atoms with Gasteiger partial charge >= 0.3 is 0 Å². The molecule has 114 valence electrons. The fraction of sp³-hybridized carbons (Fsp3) is 0.667. The van der Waals surface area contributed by atoms with Crippen LogP contribution in [0.15, 0.2) is 24.3 Å². The quantitative estimate of drug-likeness (QED) is 0.601. The van der Waals surface area contributed by atoms with Crippen LogP contribution in [0.25, 0.3) is 0 Å². The number of para-hydroxylation sites is 1. The van der Waals surface area contributed by atoms with Crippen LogP contribution in [-0.2, 0) is 0 Å². The number of nitrogens with one attached hydrogen (secondary N) is 1. The van der Waals surface area contributed by atoms with Crippen molar-refractivity contribution in [2.75, 3.05) is 6.54 Å². The number of unbranched alkanes of at least 4 members (excludes halogenated alkanes) is 2. The molecule has 0 fully saturated rings. The van der Waals surface area contributed by atoms with Crippen LogP contribution < -0.4 is 10.1 Å². The maximum absolute atomic E-state index is 5.97. The average molecular weight is 277 g/mol. The average Bonchev–Trinajstić information content (AvgIpc) is 2.43. The van der Waals surface area contributed by atoms with Crippen molar-refractivity contribution in [3.8, 4) is 5.75 Å². The molecule has 0 bridgehead atoms. The number of hydrogen-bond acceptors (Lipinski definition) is 2. The largest absolute Gasteiger partial charge is 0.491 e. The van der Waals surface area contributed by atoms with Crippen LogP contribution in [0, 0.1) is 0 Å². The van der Waals surface area contributed by atoms with Gasteiger partial charge in [0.15, 0.2) is 0 Å². The highest BCUT2D eigenvalue weighted by Crippen LogP contribution is 2.29. The summed E-state index contributed by atoms with van der Waals surface area (Å²) >= 11 is 0. The summed E-state index contributed by atoms with van der Waals surface area (Å²) in [5.41, 5.74) is 1.31. The van der Waals surface area contributed by atoms with E-state index in [2.05, 4.69) is 57.3 Å². The molecule has 20 heavy (non-hydrogen) atoms. The topological polar surface area (TPSA) is 21.3 Å². The molecule has 0 aromatic heterocycles. The first-order chi connectivity index (χ1) is 9.69. The molecule has 1 N–H and O–H groups in total. The zero-order chi connectivity index (χ0) is 14.8. The fourth-order valence-electron chi connectivity index (χ4n) is 2.41. The lowest BCUT2D eigenvalue weighted by atomic mass is 9.99. The molecule has 1 aromatic rings. The Labute approximate surface area is 124 Å². The maximum Gasteiger partial charge on any atom is 0.124 e. The zero-order valence-corrected chi connectivity index (χ0v) is 13.6. The first-order valence-corrected chi connectivity index (χ1v) is 8.18. The highest BCUT2D eigenvalue weighted by Gasteiger charge is 2.15. The van der Waals surface area contributed by atoms with Crippen molar-refractivity contribution in [1.82, 2.24) is 5.32 Å². The van der Waals surface area contributed by atoms with Crippen LogP contribution in [0.1, 0.15) is 71.4 Å². The molecule has 1 unspecified atom stereocenters. The smallest absolute Gasteiger partial charge is 0.124 e. The molecule has 0 aliphatic heterocycles. The number of benzene rings is 1. The molecule has 1 atom stereocenters. The van der Waals surface area contributed by atoms with Crippen LogP contribution in [0.5, 0.6) is 5.75 Å². The van der Waals surface area contributed by atoms with Gasteiger partial charge in [0.1, 0.15) is 5.75 Å². The second kappa shape index (κ2) is 9.82. The van der Waals surface area contributed by atoms with Crippen molar-refractivity contribution in [2.24, 2.45) is 0 Å². The summed E-state index contributed by atoms with van der Waals surface area (Å²) in [6, 6.07) is 8.89. The van der Waals surface area contributed by atoms with Gasteiger partial charge in [-0.3, -0.25) is 0 Å². The third-order valence-corrected chi connectivity index (χ3v) is 3.39. The van der Waals surface area contributed by atoms with E-state index in [0.717, 1.165) is 18.7 Å². The lowest BCUT2D eigenvalue weighted by Gasteiger charge is -2.23. The Kier molecular flexibility index (Phi) is 8.36. The highest BCUT2D eigenvalue weighted by atomic mass is 16.5. The van der Waals surface area contributed by atoms with Gasteiger partial charge in [0.05, 0.1) is 6.10 Å². The van der Waals surface area contributed by atoms with Crippen molar-refractivity contribution >= 4 is 0 Å². The Morgan fingerprint density at radius 3 is 2.45 bits per heavy atom. The van der Waals surface area contributed by atoms with E-state index in [-0.39, 0.29) is 6.10 Å². The second-order valence-electron chi connectivity index (χ2n) is 5.71. The predicted octanol–water partition coefficient (Wildman–Crippen LogP) is 5.09. The van der Waals surface area contributed by atoms with Gasteiger partial charge in [0.2, 0.25) is 0 Å². The molecule has 0 heterocycles. The molecule has 2 heteroatoms. The molecular weight excluding hydrogens is 246 g/mol. The first-order valence-electron chi connectivity index (χ1n) is 8.18. The van der Waals surface area contributed by atoms with Crippen LogP contribution >= 0.6 is 0 Å². The van der Waals surface area contributed by atoms with Crippen LogP contribution in [0.2, 0.25) is 0 Å². The van der Waals surface area contributed by atoms with Gasteiger partial charge < -0.3 is 10.1 Å². The van der Waals surface area contributed by atoms with E-state index in [1.807, 2.05) is 0 Å². The summed E-state index contributed by atoms with van der Waals surface area (Å²) in [6.07, 6.45) is 6.42. The van der Waals surface area contributed by atoms with Crippen molar-refractivity contribution in [1.29, 1.82) is 0 Å². The SMILES string of the molecule is CCCCCC(NCCC)c1ccccc1OC(C)C. The van der Waals surface area contributed by atoms with Crippen molar-refractivity contribution < 1.29 is 4.74 Å². The van der Waals surface area contributed by atoms with Crippen LogP contribution in [-0.4, -0.2) is 12.6 Å². The third kappa shape index (κ3) is 5.96. The van der Waals surface area contributed by atoms with Gasteiger partial charge in [0.25, 0.3) is 0 Å². The number of hydrogen-bond donors (Lipinski definition) is 1. The highest BCUT2D eigenvalue weighted by molar-refractivity contribution is 5.36. The molecule has 0 radical (unpaired) electrons. The summed E-state index contributed by atoms with van der Waals surface area (Å²) in [4.78, 5) is 0. The molecule has 0 aliphatic carbocycles. The van der Waals surface area contributed by atoms with E-state index >= 15 is 0 Å². The van der Waals surface area contributed by atoms with Crippen LogP contribution in [0.3, 0.4) is 0 Å². The van der Waals surface area contributed by atoms with Gasteiger partial charge in [-0.15, -0.1) is 0 Å². The first kappa shape index (κ1) is 17.0. The molecule has 0 saturated heterocycles. The van der Waals surface area contributed by atoms with Gasteiger partial charge in [-0.05, 0) is 39.3 Å². The Hall–Kier alpha value is -1.02. The number of ether oxygens (including phenoxy) is 1. The van der Waals surface area contributed by atoms with E-state index < -0.39 is 0 Å². The predicted molar refractivity (Wildman–Crippen MR) is 87.4 cm³/mol. The minimum absolute atomic E-state index is 0.221. The molecule has 1 rings (SSSR count). The minimum atomic E-state index is 0.221. The monoisotopic (exact) mass is 277 g/mol. The van der Waals surface area contributed by atoms with Crippen molar-refractivity contribution in [3.63, 3.8) is 0 Å². The van der Waals surface area contributed by atoms with Crippen molar-refractivity contribution in [3.05, 3.63) is 29.8 Å². The Bertz CT molecular complexity index is 362. The normalized spacial score (nSPS) is 12.7. The molecule has 0 saturated carbocycles. The van der Waals surface area contributed by atoms with Gasteiger partial charge in [-0.25, -0.2) is 0 Å². The molecule has 0 aliphatic rings. The van der Waals surface area contributed by atoms with Crippen molar-refractivity contribution in [2.45, 2.75) is 71.9 Å². The standard InChI is InChI=1S/C18H31NO/c1-5-7-8-12-17(19-14-6-2)16-11-9-10-13-18(16)20-15(3)4/h9-11,13,15,17,19H,5-8,12,14H2,1-4H3. The van der Waals surface area contributed by atoms with E-state index in [1.54, 1.807) is 0 Å².